The minimum Gasteiger partial charge on any atom is -0.394 e. The Balaban J connectivity index is 0.00000155. The average Bonchev–Trinajstić information content (AvgIpc) is 3.20. The fourth-order valence-corrected chi connectivity index (χ4v) is 6.30. The Labute approximate surface area is 278 Å². The van der Waals surface area contributed by atoms with E-state index < -0.39 is 136 Å². The molecule has 3 rings (SSSR count). The van der Waals surface area contributed by atoms with E-state index in [4.69, 9.17) is 59.4 Å². The van der Waals surface area contributed by atoms with Crippen LogP contribution in [0, 0.1) is 0 Å². The van der Waals surface area contributed by atoms with Crippen molar-refractivity contribution in [3.63, 3.8) is 0 Å². The highest BCUT2D eigenvalue weighted by Crippen LogP contribution is 2.42. The molecule has 3 fully saturated rings. The quantitative estimate of drug-likeness (QED) is 0.0558. The van der Waals surface area contributed by atoms with Gasteiger partial charge < -0.3 is 88.1 Å². The maximum Gasteiger partial charge on any atom is 0.394 e. The number of hydrogen-bond donors (Lipinski definition) is 16. The average molecular weight is 762 g/mol. The topological polar surface area (TPSA) is 469 Å². The molecule has 49 heavy (non-hydrogen) atoms. The van der Waals surface area contributed by atoms with E-state index in [0.29, 0.717) is 0 Å². The second-order valence-electron chi connectivity index (χ2n) is 11.1. The predicted octanol–water partition coefficient (Wildman–Crippen LogP) is -9.81. The number of guanidine groups is 2. The van der Waals surface area contributed by atoms with E-state index in [0.717, 1.165) is 6.92 Å². The highest BCUT2D eigenvalue weighted by atomic mass is 32.3. The molecule has 0 radical (unpaired) electrons. The zero-order valence-corrected chi connectivity index (χ0v) is 27.2. The summed E-state index contributed by atoms with van der Waals surface area (Å²) in [5.74, 6) is -1.20. The molecule has 1 aliphatic carbocycles. The third-order valence-electron chi connectivity index (χ3n) is 7.83. The molecule has 0 aromatic rings. The van der Waals surface area contributed by atoms with Crippen LogP contribution in [0.3, 0.4) is 0 Å². The van der Waals surface area contributed by atoms with Crippen LogP contribution in [0.2, 0.25) is 0 Å². The first-order chi connectivity index (χ1) is 22.3. The van der Waals surface area contributed by atoms with E-state index >= 15 is 0 Å². The smallest absolute Gasteiger partial charge is 0.394 e. The van der Waals surface area contributed by atoms with E-state index in [2.05, 4.69) is 15.3 Å². The first-order valence-corrected chi connectivity index (χ1v) is 16.8. The number of nitrogens with one attached hydrogen (secondary N) is 1. The Morgan fingerprint density at radius 3 is 1.80 bits per heavy atom. The molecule has 2 aliphatic heterocycles. The molecule has 0 amide bonds. The molecule has 1 saturated carbocycles. The monoisotopic (exact) mass is 761 g/mol. The minimum absolute atomic E-state index is 0.575. The summed E-state index contributed by atoms with van der Waals surface area (Å²) in [7, 11) is -8.81. The summed E-state index contributed by atoms with van der Waals surface area (Å²) in [6.45, 7) is 0.231. The van der Waals surface area contributed by atoms with Gasteiger partial charge in [0.15, 0.2) is 30.1 Å². The number of aliphatic hydroxyl groups is 8. The number of nitrogens with two attached hydrogens (primary N) is 4. The third-order valence-corrected chi connectivity index (χ3v) is 8.77. The molecule has 26 nitrogen and oxygen atoms in total. The van der Waals surface area contributed by atoms with Gasteiger partial charge in [0.05, 0.1) is 18.8 Å². The molecule has 0 aromatic carbocycles. The van der Waals surface area contributed by atoms with Gasteiger partial charge in [0.2, 0.25) is 5.44 Å². The van der Waals surface area contributed by atoms with Gasteiger partial charge in [-0.05, 0) is 14.0 Å². The Morgan fingerprint density at radius 2 is 1.35 bits per heavy atom. The fourth-order valence-electron chi connectivity index (χ4n) is 5.50. The first kappa shape index (κ1) is 43.0. The van der Waals surface area contributed by atoms with Gasteiger partial charge in [-0.3, -0.25) is 13.7 Å². The number of rotatable bonds is 10. The van der Waals surface area contributed by atoms with E-state index in [9.17, 15) is 53.8 Å². The van der Waals surface area contributed by atoms with Crippen molar-refractivity contribution in [3.8, 4) is 0 Å². The van der Waals surface area contributed by atoms with Crippen molar-refractivity contribution >= 4 is 32.4 Å². The Kier molecular flexibility index (Phi) is 14.4. The SMILES string of the molecule is CNC1C(OC2C(OC3C(O)C(O)C(N=C(N)N)C(O)C3N=C(N)N)OC(C)C2(O)C(O)S(=O)(=O)O)OC(CO)C(O)C1O.O=S(=O)(O)O. The van der Waals surface area contributed by atoms with Crippen molar-refractivity contribution in [2.45, 2.75) is 104 Å². The largest absolute Gasteiger partial charge is 0.394 e. The van der Waals surface area contributed by atoms with Crippen molar-refractivity contribution in [1.29, 1.82) is 0 Å². The van der Waals surface area contributed by atoms with Crippen LogP contribution in [0.4, 0.5) is 0 Å². The van der Waals surface area contributed by atoms with Gasteiger partial charge in [-0.25, -0.2) is 9.98 Å². The summed E-state index contributed by atoms with van der Waals surface area (Å²) >= 11 is 0. The number of ether oxygens (including phenoxy) is 4. The minimum atomic E-state index is -5.45. The lowest BCUT2D eigenvalue weighted by molar-refractivity contribution is -0.318. The Bertz CT molecular complexity index is 1380. The van der Waals surface area contributed by atoms with Crippen LogP contribution < -0.4 is 28.3 Å². The molecule has 2 heterocycles. The maximum atomic E-state index is 12.0. The summed E-state index contributed by atoms with van der Waals surface area (Å²) in [4.78, 5) is 7.52. The highest BCUT2D eigenvalue weighted by Gasteiger charge is 2.65. The number of nitrogens with zero attached hydrogens (tertiary/aromatic N) is 2. The Hall–Kier alpha value is -2.20. The van der Waals surface area contributed by atoms with E-state index in [1.807, 2.05) is 0 Å². The van der Waals surface area contributed by atoms with Crippen LogP contribution >= 0.6 is 0 Å². The molecule has 288 valence electrons. The highest BCUT2D eigenvalue weighted by molar-refractivity contribution is 7.86. The van der Waals surface area contributed by atoms with Crippen LogP contribution in [-0.4, -0.2) is 194 Å². The summed E-state index contributed by atoms with van der Waals surface area (Å²) in [5, 5.41) is 87.8. The zero-order chi connectivity index (χ0) is 38.0. The maximum absolute atomic E-state index is 12.0. The van der Waals surface area contributed by atoms with E-state index in [1.165, 1.54) is 7.05 Å². The van der Waals surface area contributed by atoms with E-state index in [1.54, 1.807) is 0 Å². The molecule has 3 aliphatic rings. The van der Waals surface area contributed by atoms with Gasteiger partial charge in [0.25, 0.3) is 10.1 Å². The van der Waals surface area contributed by atoms with Crippen LogP contribution in [0.1, 0.15) is 6.92 Å². The molecule has 2 saturated heterocycles. The van der Waals surface area contributed by atoms with Crippen molar-refractivity contribution in [2.24, 2.45) is 32.9 Å². The van der Waals surface area contributed by atoms with Crippen molar-refractivity contribution in [3.05, 3.63) is 0 Å². The van der Waals surface area contributed by atoms with Crippen molar-refractivity contribution in [2.75, 3.05) is 13.7 Å². The summed E-state index contributed by atoms with van der Waals surface area (Å²) in [6.07, 6.45) is -20.1. The molecule has 0 spiro atoms. The molecule has 0 bridgehead atoms. The summed E-state index contributed by atoms with van der Waals surface area (Å²) < 4.78 is 87.9. The summed E-state index contributed by atoms with van der Waals surface area (Å²) in [5.41, 5.74) is 15.6. The standard InChI is InChI=1S/C21H41N7O15S.H2O4S/c1-4-21(36,18(35)44(37,38)39)15(43-16-8(26-2)12(33)9(30)5(3-29)41-16)17(40-4)42-14-7(28-20(24)25)10(31)6(27-19(22)23)11(32)13(14)34;1-5(2,3)4/h4-18,26,29-36H,3H2,1-2H3,(H4,22,23,27)(H4,24,25,28)(H,37,38,39);(H2,1,2,3,4). The van der Waals surface area contributed by atoms with Crippen LogP contribution in [0.15, 0.2) is 9.98 Å². The van der Waals surface area contributed by atoms with Gasteiger partial charge in [-0.1, -0.05) is 0 Å². The van der Waals surface area contributed by atoms with Gasteiger partial charge in [0, 0.05) is 0 Å². The number of aliphatic hydroxyl groups excluding tert-OH is 7. The van der Waals surface area contributed by atoms with Gasteiger partial charge >= 0.3 is 10.4 Å². The third kappa shape index (κ3) is 9.99. The normalized spacial score (nSPS) is 42.0. The molecule has 28 heteroatoms. The summed E-state index contributed by atoms with van der Waals surface area (Å²) in [6, 6.07) is -4.56. The number of hydrogen-bond acceptors (Lipinski definition) is 19. The molecule has 16 unspecified atom stereocenters. The molecular weight excluding hydrogens is 718 g/mol. The van der Waals surface area contributed by atoms with Gasteiger partial charge in [-0.2, -0.15) is 16.8 Å². The number of likely N-dealkylation sites (N-methyl/N-ethyl adjacent to an activating group) is 1. The zero-order valence-electron chi connectivity index (χ0n) is 25.6. The predicted molar refractivity (Wildman–Crippen MR) is 159 cm³/mol. The lowest BCUT2D eigenvalue weighted by Gasteiger charge is -2.46. The second kappa shape index (κ2) is 16.4. The molecule has 20 N–H and O–H groups in total. The second-order valence-corrected chi connectivity index (χ2v) is 13.5. The van der Waals surface area contributed by atoms with Gasteiger partial charge in [0.1, 0.15) is 60.9 Å². The number of aliphatic imine (C=N–C) groups is 2. The lowest BCUT2D eigenvalue weighted by Crippen LogP contribution is -2.67. The lowest BCUT2D eigenvalue weighted by atomic mass is 9.81. The first-order valence-electron chi connectivity index (χ1n) is 13.9. The Morgan fingerprint density at radius 1 is 0.837 bits per heavy atom. The fraction of sp³-hybridized carbons (Fsp3) is 0.905. The van der Waals surface area contributed by atoms with Crippen molar-refractivity contribution in [1.82, 2.24) is 5.32 Å². The molecule has 0 aromatic heterocycles. The van der Waals surface area contributed by atoms with Crippen LogP contribution in [0.25, 0.3) is 0 Å². The van der Waals surface area contributed by atoms with Crippen molar-refractivity contribution < 1.29 is 90.3 Å². The van der Waals surface area contributed by atoms with Crippen LogP contribution in [0.5, 0.6) is 0 Å². The molecule has 16 atom stereocenters. The van der Waals surface area contributed by atoms with Crippen LogP contribution in [-0.2, 0) is 39.5 Å². The molecular formula is C21H43N7O19S2. The van der Waals surface area contributed by atoms with E-state index in [-0.39, 0.29) is 0 Å². The van der Waals surface area contributed by atoms with Gasteiger partial charge in [-0.15, -0.1) is 0 Å².